The maximum Gasteiger partial charge on any atom is 0.416 e. The predicted molar refractivity (Wildman–Crippen MR) is 142 cm³/mol. The van der Waals surface area contributed by atoms with Crippen molar-refractivity contribution in [2.75, 3.05) is 30.5 Å². The van der Waals surface area contributed by atoms with Gasteiger partial charge in [0, 0.05) is 23.5 Å². The maximum atomic E-state index is 13.2. The summed E-state index contributed by atoms with van der Waals surface area (Å²) in [4.78, 5) is 30.9. The number of rotatable bonds is 9. The lowest BCUT2D eigenvalue weighted by molar-refractivity contribution is -0.142. The number of nitrogens with one attached hydrogen (secondary N) is 1. The van der Waals surface area contributed by atoms with Gasteiger partial charge in [-0.05, 0) is 37.5 Å². The molecule has 39 heavy (non-hydrogen) atoms. The summed E-state index contributed by atoms with van der Waals surface area (Å²) in [5, 5.41) is 14.4. The molecule has 4 rings (SSSR count). The number of methoxy groups -OCH3 is 1. The minimum Gasteiger partial charge on any atom is -0.497 e. The van der Waals surface area contributed by atoms with E-state index in [1.54, 1.807) is 11.6 Å². The summed E-state index contributed by atoms with van der Waals surface area (Å²) >= 11 is 1.22. The third-order valence-corrected chi connectivity index (χ3v) is 7.28. The van der Waals surface area contributed by atoms with Gasteiger partial charge in [0.2, 0.25) is 0 Å². The van der Waals surface area contributed by atoms with Crippen LogP contribution in [0.25, 0.3) is 11.3 Å². The molecule has 0 bridgehead atoms. The van der Waals surface area contributed by atoms with Crippen molar-refractivity contribution < 1.29 is 27.8 Å². The Morgan fingerprint density at radius 2 is 2.10 bits per heavy atom. The van der Waals surface area contributed by atoms with Gasteiger partial charge < -0.3 is 25.8 Å². The van der Waals surface area contributed by atoms with E-state index in [2.05, 4.69) is 30.2 Å². The van der Waals surface area contributed by atoms with Crippen molar-refractivity contribution in [3.8, 4) is 17.0 Å². The number of amidine groups is 1. The molecule has 1 aliphatic heterocycles. The van der Waals surface area contributed by atoms with Gasteiger partial charge in [0.25, 0.3) is 0 Å². The molecule has 3 aromatic rings. The molecular formula is C25H28F3N7O3S. The average molecular weight is 564 g/mol. The van der Waals surface area contributed by atoms with Crippen LogP contribution in [0.3, 0.4) is 0 Å². The number of hydrogen-bond donors (Lipinski definition) is 3. The third-order valence-electron chi connectivity index (χ3n) is 6.48. The van der Waals surface area contributed by atoms with E-state index in [0.29, 0.717) is 41.7 Å². The fourth-order valence-electron chi connectivity index (χ4n) is 4.36. The highest BCUT2D eigenvalue weighted by Gasteiger charge is 2.33. The number of thiazole rings is 1. The first-order valence-electron chi connectivity index (χ1n) is 12.2. The van der Waals surface area contributed by atoms with Gasteiger partial charge in [0.1, 0.15) is 29.8 Å². The number of hydrogen-bond acceptors (Lipinski definition) is 9. The minimum absolute atomic E-state index is 0.0642. The monoisotopic (exact) mass is 563 g/mol. The molecular weight excluding hydrogens is 535 g/mol. The summed E-state index contributed by atoms with van der Waals surface area (Å²) < 4.78 is 44.7. The van der Waals surface area contributed by atoms with Gasteiger partial charge in [-0.3, -0.25) is 4.79 Å². The van der Waals surface area contributed by atoms with E-state index in [9.17, 15) is 23.1 Å². The molecule has 0 aliphatic carbocycles. The molecule has 1 saturated heterocycles. The Morgan fingerprint density at radius 1 is 1.31 bits per heavy atom. The van der Waals surface area contributed by atoms with Crippen molar-refractivity contribution in [1.82, 2.24) is 15.0 Å². The average Bonchev–Trinajstić information content (AvgIpc) is 3.41. The number of alkyl halides is 3. The van der Waals surface area contributed by atoms with E-state index in [-0.39, 0.29) is 35.8 Å². The highest BCUT2D eigenvalue weighted by Crippen LogP contribution is 2.36. The second-order valence-electron chi connectivity index (χ2n) is 8.94. The molecule has 2 unspecified atom stereocenters. The minimum atomic E-state index is -4.51. The SMILES string of the molecule is CCC1CC(C(=O)O)CCN1c1cnc(C(N)=NCNc2nc(-c3cc(OC)cc(C(F)(F)F)c3)cs2)cn1. The molecule has 10 nitrogen and oxygen atoms in total. The van der Waals surface area contributed by atoms with Crippen LogP contribution in [-0.2, 0) is 11.0 Å². The highest BCUT2D eigenvalue weighted by atomic mass is 32.1. The normalized spacial score (nSPS) is 18.2. The van der Waals surface area contributed by atoms with Crippen molar-refractivity contribution in [3.63, 3.8) is 0 Å². The number of aromatic nitrogens is 3. The molecule has 0 saturated carbocycles. The Balaban J connectivity index is 1.38. The fraction of sp³-hybridized carbons (Fsp3) is 0.400. The molecule has 1 aliphatic rings. The second kappa shape index (κ2) is 11.8. The predicted octanol–water partition coefficient (Wildman–Crippen LogP) is 4.48. The standard InChI is InChI=1S/C25H28F3N7O3S/c1-3-17-7-14(23(36)37)4-5-35(17)21-11-30-19(10-31-21)22(29)32-13-33-24-34-20(12-39-24)15-6-16(25(26,27)28)9-18(8-15)38-2/h6,8-12,14,17H,3-5,7,13H2,1-2H3,(H2,29,32)(H,33,34)(H,36,37). The zero-order valence-electron chi connectivity index (χ0n) is 21.3. The van der Waals surface area contributed by atoms with Crippen LogP contribution >= 0.6 is 11.3 Å². The van der Waals surface area contributed by atoms with E-state index in [0.717, 1.165) is 18.6 Å². The first kappa shape index (κ1) is 28.1. The maximum absolute atomic E-state index is 13.2. The molecule has 0 radical (unpaired) electrons. The number of piperidine rings is 1. The number of ether oxygens (including phenoxy) is 1. The number of carboxylic acids is 1. The smallest absolute Gasteiger partial charge is 0.416 e. The molecule has 208 valence electrons. The van der Waals surface area contributed by atoms with Crippen LogP contribution < -0.4 is 20.7 Å². The van der Waals surface area contributed by atoms with Crippen LogP contribution in [0.15, 0.2) is 41.0 Å². The Kier molecular flexibility index (Phi) is 8.53. The number of nitrogens with zero attached hydrogens (tertiary/aromatic N) is 5. The number of anilines is 2. The number of halogens is 3. The van der Waals surface area contributed by atoms with Gasteiger partial charge in [-0.25, -0.2) is 19.9 Å². The van der Waals surface area contributed by atoms with Crippen LogP contribution in [-0.4, -0.2) is 58.2 Å². The summed E-state index contributed by atoms with van der Waals surface area (Å²) in [6.45, 7) is 2.66. The van der Waals surface area contributed by atoms with Gasteiger partial charge in [0.15, 0.2) is 5.13 Å². The summed E-state index contributed by atoms with van der Waals surface area (Å²) in [7, 11) is 1.31. The molecule has 0 amide bonds. The van der Waals surface area contributed by atoms with Gasteiger partial charge in [-0.1, -0.05) is 6.92 Å². The van der Waals surface area contributed by atoms with Gasteiger partial charge in [-0.2, -0.15) is 13.2 Å². The Bertz CT molecular complexity index is 1330. The zero-order chi connectivity index (χ0) is 28.2. The first-order valence-corrected chi connectivity index (χ1v) is 13.0. The topological polar surface area (TPSA) is 139 Å². The first-order chi connectivity index (χ1) is 18.6. The second-order valence-corrected chi connectivity index (χ2v) is 9.80. The molecule has 1 fully saturated rings. The van der Waals surface area contributed by atoms with Crippen LogP contribution in [0.4, 0.5) is 24.1 Å². The van der Waals surface area contributed by atoms with Crippen LogP contribution in [0.5, 0.6) is 5.75 Å². The van der Waals surface area contributed by atoms with E-state index in [1.807, 2.05) is 6.92 Å². The Hall–Kier alpha value is -3.94. The molecule has 2 atom stereocenters. The van der Waals surface area contributed by atoms with Crippen molar-refractivity contribution >= 4 is 34.1 Å². The van der Waals surface area contributed by atoms with Crippen LogP contribution in [0.2, 0.25) is 0 Å². The number of aliphatic carboxylic acids is 1. The third kappa shape index (κ3) is 6.74. The quantitative estimate of drug-likeness (QED) is 0.254. The van der Waals surface area contributed by atoms with Crippen molar-refractivity contribution in [3.05, 3.63) is 47.2 Å². The number of benzene rings is 1. The summed E-state index contributed by atoms with van der Waals surface area (Å²) in [5.41, 5.74) is 6.27. The molecule has 2 aromatic heterocycles. The molecule has 4 N–H and O–H groups in total. The lowest BCUT2D eigenvalue weighted by Gasteiger charge is -2.38. The molecule has 1 aromatic carbocycles. The molecule has 0 spiro atoms. The van der Waals surface area contributed by atoms with E-state index in [1.165, 1.54) is 30.7 Å². The Labute approximate surface area is 226 Å². The van der Waals surface area contributed by atoms with E-state index < -0.39 is 17.7 Å². The highest BCUT2D eigenvalue weighted by molar-refractivity contribution is 7.14. The number of carboxylic acid groups (broad SMARTS) is 1. The molecule has 3 heterocycles. The van der Waals surface area contributed by atoms with Crippen molar-refractivity contribution in [1.29, 1.82) is 0 Å². The van der Waals surface area contributed by atoms with Crippen molar-refractivity contribution in [2.24, 2.45) is 16.6 Å². The Morgan fingerprint density at radius 3 is 2.74 bits per heavy atom. The summed E-state index contributed by atoms with van der Waals surface area (Å²) in [6, 6.07) is 3.52. The summed E-state index contributed by atoms with van der Waals surface area (Å²) in [6.07, 6.45) is 0.511. The largest absolute Gasteiger partial charge is 0.497 e. The van der Waals surface area contributed by atoms with E-state index >= 15 is 0 Å². The van der Waals surface area contributed by atoms with Gasteiger partial charge in [-0.15, -0.1) is 11.3 Å². The number of carbonyl (C=O) groups is 1. The molecule has 14 heteroatoms. The van der Waals surface area contributed by atoms with E-state index in [4.69, 9.17) is 10.5 Å². The zero-order valence-corrected chi connectivity index (χ0v) is 22.1. The lowest BCUT2D eigenvalue weighted by Crippen LogP contribution is -2.44. The fourth-order valence-corrected chi connectivity index (χ4v) is 5.07. The number of aliphatic imine (C=N–C) groups is 1. The van der Waals surface area contributed by atoms with Crippen LogP contribution in [0.1, 0.15) is 37.4 Å². The number of nitrogens with two attached hydrogens (primary N) is 1. The van der Waals surface area contributed by atoms with Crippen LogP contribution in [0, 0.1) is 5.92 Å². The van der Waals surface area contributed by atoms with Gasteiger partial charge >= 0.3 is 12.1 Å². The summed E-state index contributed by atoms with van der Waals surface area (Å²) in [5.74, 6) is -0.228. The van der Waals surface area contributed by atoms with Crippen molar-refractivity contribution in [2.45, 2.75) is 38.4 Å². The van der Waals surface area contributed by atoms with Gasteiger partial charge in [0.05, 0.1) is 36.7 Å². The lowest BCUT2D eigenvalue weighted by atomic mass is 9.89.